The van der Waals surface area contributed by atoms with E-state index >= 15 is 0 Å². The van der Waals surface area contributed by atoms with Crippen LogP contribution in [0.3, 0.4) is 0 Å². The molecule has 0 saturated carbocycles. The van der Waals surface area contributed by atoms with Crippen LogP contribution in [0.2, 0.25) is 0 Å². The van der Waals surface area contributed by atoms with Crippen LogP contribution in [0.25, 0.3) is 0 Å². The van der Waals surface area contributed by atoms with Crippen LogP contribution in [0, 0.1) is 0 Å². The Morgan fingerprint density at radius 2 is 0.915 bits per heavy atom. The van der Waals surface area contributed by atoms with Crippen LogP contribution in [0.4, 0.5) is 0 Å². The summed E-state index contributed by atoms with van der Waals surface area (Å²) in [5.74, 6) is -0.994. The zero-order valence-electron chi connectivity index (χ0n) is 30.9. The van der Waals surface area contributed by atoms with Crippen LogP contribution in [-0.2, 0) is 14.9 Å². The molecule has 0 aromatic carbocycles. The lowest BCUT2D eigenvalue weighted by Crippen LogP contribution is -2.46. The Morgan fingerprint density at radius 3 is 1.34 bits per heavy atom. The average Bonchev–Trinajstić information content (AvgIpc) is 3.03. The minimum atomic E-state index is -4.34. The first-order chi connectivity index (χ1) is 22.8. The molecular weight excluding hydrogens is 607 g/mol. The van der Waals surface area contributed by atoms with Gasteiger partial charge in [-0.25, -0.2) is 0 Å². The van der Waals surface area contributed by atoms with E-state index in [1.165, 1.54) is 154 Å². The van der Waals surface area contributed by atoms with Crippen molar-refractivity contribution in [3.05, 3.63) is 24.3 Å². The predicted octanol–water partition coefficient (Wildman–Crippen LogP) is 11.6. The lowest BCUT2D eigenvalue weighted by Gasteiger charge is -2.21. The summed E-state index contributed by atoms with van der Waals surface area (Å²) in [6.45, 7) is 4.48. The summed E-state index contributed by atoms with van der Waals surface area (Å²) < 4.78 is 32.3. The molecule has 0 radical (unpaired) electrons. The molecule has 47 heavy (non-hydrogen) atoms. The smallest absolute Gasteiger partial charge is 0.267 e. The Hall–Kier alpha value is -1.18. The highest BCUT2D eigenvalue weighted by atomic mass is 32.2. The standard InChI is InChI=1S/C40H77NO5S/c1-3-5-7-9-11-13-15-16-17-18-19-20-21-22-23-24-25-26-28-30-32-34-36-40(43)41-38(37-47(44,45)46)39(42)35-33-31-29-27-14-12-10-8-6-4-2/h14,27,33,35,38-39,42H,3-13,15-26,28-32,34,36-37H2,1-2H3,(H,41,43)(H,44,45,46)/b27-14+,35-33+. The summed E-state index contributed by atoms with van der Waals surface area (Å²) in [7, 11) is -4.34. The van der Waals surface area contributed by atoms with Gasteiger partial charge >= 0.3 is 0 Å². The summed E-state index contributed by atoms with van der Waals surface area (Å²) in [5.41, 5.74) is 0. The molecule has 0 aliphatic rings. The Balaban J connectivity index is 3.80. The molecule has 0 aliphatic carbocycles. The maximum absolute atomic E-state index is 12.5. The van der Waals surface area contributed by atoms with Crippen LogP contribution in [0.5, 0.6) is 0 Å². The molecule has 0 spiro atoms. The molecule has 2 atom stereocenters. The second kappa shape index (κ2) is 34.7. The molecule has 0 aliphatic heterocycles. The summed E-state index contributed by atoms with van der Waals surface area (Å²) >= 11 is 0. The second-order valence-electron chi connectivity index (χ2n) is 13.9. The second-order valence-corrected chi connectivity index (χ2v) is 15.4. The quantitative estimate of drug-likeness (QED) is 0.0346. The molecule has 3 N–H and O–H groups in total. The number of allylic oxidation sites excluding steroid dienone is 3. The van der Waals surface area contributed by atoms with Gasteiger partial charge in [-0.3, -0.25) is 9.35 Å². The first kappa shape index (κ1) is 45.8. The molecule has 0 rings (SSSR count). The van der Waals surface area contributed by atoms with E-state index in [0.717, 1.165) is 32.1 Å². The Bertz CT molecular complexity index is 842. The highest BCUT2D eigenvalue weighted by molar-refractivity contribution is 7.85. The number of hydrogen-bond acceptors (Lipinski definition) is 4. The molecule has 0 aromatic heterocycles. The Morgan fingerprint density at radius 1 is 0.553 bits per heavy atom. The van der Waals surface area contributed by atoms with E-state index in [0.29, 0.717) is 12.8 Å². The maximum Gasteiger partial charge on any atom is 0.267 e. The molecule has 0 fully saturated rings. The number of rotatable bonds is 36. The van der Waals surface area contributed by atoms with Gasteiger partial charge in [-0.05, 0) is 32.1 Å². The number of carbonyl (C=O) groups is 1. The average molecular weight is 684 g/mol. The zero-order chi connectivity index (χ0) is 34.7. The molecule has 0 saturated heterocycles. The van der Waals surface area contributed by atoms with Gasteiger partial charge < -0.3 is 10.4 Å². The van der Waals surface area contributed by atoms with Crippen molar-refractivity contribution in [2.24, 2.45) is 0 Å². The predicted molar refractivity (Wildman–Crippen MR) is 202 cm³/mol. The van der Waals surface area contributed by atoms with Gasteiger partial charge in [-0.15, -0.1) is 0 Å². The monoisotopic (exact) mass is 684 g/mol. The molecule has 2 unspecified atom stereocenters. The van der Waals surface area contributed by atoms with E-state index in [1.54, 1.807) is 6.08 Å². The van der Waals surface area contributed by atoms with Crippen LogP contribution >= 0.6 is 0 Å². The molecule has 0 aromatic rings. The molecule has 6 nitrogen and oxygen atoms in total. The zero-order valence-corrected chi connectivity index (χ0v) is 31.7. The van der Waals surface area contributed by atoms with E-state index < -0.39 is 28.0 Å². The first-order valence-electron chi connectivity index (χ1n) is 20.0. The van der Waals surface area contributed by atoms with Crippen LogP contribution in [0.1, 0.15) is 206 Å². The number of unbranched alkanes of at least 4 members (excludes halogenated alkanes) is 26. The van der Waals surface area contributed by atoms with E-state index in [1.807, 2.05) is 0 Å². The van der Waals surface area contributed by atoms with Gasteiger partial charge in [0.2, 0.25) is 5.91 Å². The van der Waals surface area contributed by atoms with E-state index in [2.05, 4.69) is 31.3 Å². The molecule has 278 valence electrons. The van der Waals surface area contributed by atoms with Gasteiger partial charge in [0, 0.05) is 6.42 Å². The van der Waals surface area contributed by atoms with Crippen molar-refractivity contribution in [3.63, 3.8) is 0 Å². The van der Waals surface area contributed by atoms with Crippen molar-refractivity contribution < 1.29 is 22.9 Å². The van der Waals surface area contributed by atoms with Crippen molar-refractivity contribution in [2.45, 2.75) is 219 Å². The summed E-state index contributed by atoms with van der Waals surface area (Å²) in [6, 6.07) is -1.07. The SMILES string of the molecule is CCCCCC/C=C/CC/C=C/C(O)C(CS(=O)(=O)O)NC(=O)CCCCCCCCCCCCCCCCCCCCCCCC. The van der Waals surface area contributed by atoms with E-state index in [9.17, 15) is 22.9 Å². The minimum absolute atomic E-state index is 0.287. The molecular formula is C40H77NO5S. The van der Waals surface area contributed by atoms with Crippen molar-refractivity contribution >= 4 is 16.0 Å². The fourth-order valence-corrected chi connectivity index (χ4v) is 6.85. The number of aliphatic hydroxyl groups is 1. The van der Waals surface area contributed by atoms with Gasteiger partial charge in [0.15, 0.2) is 0 Å². The summed E-state index contributed by atoms with van der Waals surface area (Å²) in [5, 5.41) is 13.1. The highest BCUT2D eigenvalue weighted by Crippen LogP contribution is 2.16. The van der Waals surface area contributed by atoms with E-state index in [-0.39, 0.29) is 5.91 Å². The summed E-state index contributed by atoms with van der Waals surface area (Å²) in [6.07, 6.45) is 43.3. The first-order valence-corrected chi connectivity index (χ1v) is 21.6. The topological polar surface area (TPSA) is 104 Å². The summed E-state index contributed by atoms with van der Waals surface area (Å²) in [4.78, 5) is 12.5. The molecule has 0 heterocycles. The number of hydrogen-bond donors (Lipinski definition) is 3. The van der Waals surface area contributed by atoms with Crippen LogP contribution in [0.15, 0.2) is 24.3 Å². The maximum atomic E-state index is 12.5. The van der Waals surface area contributed by atoms with Gasteiger partial charge in [0.25, 0.3) is 10.1 Å². The highest BCUT2D eigenvalue weighted by Gasteiger charge is 2.24. The normalized spacial score (nSPS) is 13.5. The third-order valence-corrected chi connectivity index (χ3v) is 9.91. The Kier molecular flexibility index (Phi) is 33.8. The van der Waals surface area contributed by atoms with Crippen molar-refractivity contribution in [1.82, 2.24) is 5.32 Å². The fraction of sp³-hybridized carbons (Fsp3) is 0.875. The van der Waals surface area contributed by atoms with Crippen molar-refractivity contribution in [2.75, 3.05) is 5.75 Å². The lowest BCUT2D eigenvalue weighted by molar-refractivity contribution is -0.122. The van der Waals surface area contributed by atoms with Gasteiger partial charge in [-0.1, -0.05) is 192 Å². The lowest BCUT2D eigenvalue weighted by atomic mass is 10.0. The Labute approximate surface area is 292 Å². The van der Waals surface area contributed by atoms with E-state index in [4.69, 9.17) is 0 Å². The van der Waals surface area contributed by atoms with Crippen molar-refractivity contribution in [3.8, 4) is 0 Å². The van der Waals surface area contributed by atoms with Crippen LogP contribution < -0.4 is 5.32 Å². The molecule has 0 bridgehead atoms. The van der Waals surface area contributed by atoms with Crippen molar-refractivity contribution in [1.29, 1.82) is 0 Å². The molecule has 1 amide bonds. The number of carbonyl (C=O) groups excluding carboxylic acids is 1. The third-order valence-electron chi connectivity index (χ3n) is 9.13. The largest absolute Gasteiger partial charge is 0.387 e. The fourth-order valence-electron chi connectivity index (χ4n) is 6.11. The van der Waals surface area contributed by atoms with Gasteiger partial charge in [-0.2, -0.15) is 8.42 Å². The van der Waals surface area contributed by atoms with Gasteiger partial charge in [0.1, 0.15) is 0 Å². The molecule has 7 heteroatoms. The number of aliphatic hydroxyl groups excluding tert-OH is 1. The number of amides is 1. The minimum Gasteiger partial charge on any atom is -0.387 e. The van der Waals surface area contributed by atoms with Gasteiger partial charge in [0.05, 0.1) is 17.9 Å². The number of nitrogens with one attached hydrogen (secondary N) is 1. The van der Waals surface area contributed by atoms with Crippen LogP contribution in [-0.4, -0.2) is 41.9 Å². The third kappa shape index (κ3) is 35.9.